The molecule has 1 rings (SSSR count). The average Bonchev–Trinajstić information content (AvgIpc) is 3.21. The van der Waals surface area contributed by atoms with E-state index >= 15 is 0 Å². The molecule has 20 heavy (non-hydrogen) atoms. The minimum absolute atomic E-state index is 0.327. The van der Waals surface area contributed by atoms with Crippen LogP contribution in [0.5, 0.6) is 0 Å². The zero-order chi connectivity index (χ0) is 15.2. The van der Waals surface area contributed by atoms with Gasteiger partial charge in [0.15, 0.2) is 0 Å². The van der Waals surface area contributed by atoms with E-state index in [0.29, 0.717) is 12.1 Å². The molecule has 2 unspecified atom stereocenters. The van der Waals surface area contributed by atoms with E-state index < -0.39 is 5.54 Å². The van der Waals surface area contributed by atoms with E-state index in [0.717, 1.165) is 32.0 Å². The van der Waals surface area contributed by atoms with E-state index in [1.165, 1.54) is 12.8 Å². The topological polar surface area (TPSA) is 48.3 Å². The molecule has 0 aliphatic heterocycles. The highest BCUT2D eigenvalue weighted by atomic mass is 16.5. The van der Waals surface area contributed by atoms with Crippen LogP contribution in [0.15, 0.2) is 0 Å². The van der Waals surface area contributed by atoms with Crippen molar-refractivity contribution in [3.05, 3.63) is 0 Å². The van der Waals surface area contributed by atoms with Gasteiger partial charge in [-0.15, -0.1) is 0 Å². The minimum Gasteiger partial charge on any atom is -0.383 e. The van der Waals surface area contributed by atoms with Crippen molar-refractivity contribution >= 4 is 0 Å². The molecule has 1 aliphatic carbocycles. The summed E-state index contributed by atoms with van der Waals surface area (Å²) in [5.74, 6) is 0.846. The van der Waals surface area contributed by atoms with Crippen LogP contribution in [-0.2, 0) is 4.74 Å². The van der Waals surface area contributed by atoms with Gasteiger partial charge >= 0.3 is 0 Å². The average molecular weight is 281 g/mol. The number of hydrogen-bond donors (Lipinski definition) is 1. The van der Waals surface area contributed by atoms with Crippen molar-refractivity contribution in [2.75, 3.05) is 26.8 Å². The summed E-state index contributed by atoms with van der Waals surface area (Å²) in [7, 11) is 1.75. The van der Waals surface area contributed by atoms with Crippen molar-refractivity contribution in [2.45, 2.75) is 64.6 Å². The molecule has 0 radical (unpaired) electrons. The zero-order valence-corrected chi connectivity index (χ0v) is 13.8. The van der Waals surface area contributed by atoms with Gasteiger partial charge in [0.05, 0.1) is 12.7 Å². The first-order valence-corrected chi connectivity index (χ1v) is 7.84. The first kappa shape index (κ1) is 17.4. The Morgan fingerprint density at radius 3 is 2.45 bits per heavy atom. The highest BCUT2D eigenvalue weighted by molar-refractivity contribution is 5.05. The molecule has 2 atom stereocenters. The molecule has 1 saturated carbocycles. The van der Waals surface area contributed by atoms with Crippen LogP contribution in [0.3, 0.4) is 0 Å². The monoisotopic (exact) mass is 281 g/mol. The smallest absolute Gasteiger partial charge is 0.105 e. The fourth-order valence-corrected chi connectivity index (χ4v) is 2.77. The molecule has 0 aromatic heterocycles. The van der Waals surface area contributed by atoms with Gasteiger partial charge in [0.25, 0.3) is 0 Å². The summed E-state index contributed by atoms with van der Waals surface area (Å²) in [6, 6.07) is 3.37. The largest absolute Gasteiger partial charge is 0.383 e. The number of nitrogens with zero attached hydrogens (tertiary/aromatic N) is 2. The molecular formula is C16H31N3O. The SMILES string of the molecule is COCCN(CCC(C)(C#N)NC(C)C)C(C)C1CC1. The van der Waals surface area contributed by atoms with Crippen LogP contribution in [-0.4, -0.2) is 49.3 Å². The molecule has 1 fully saturated rings. The van der Waals surface area contributed by atoms with Gasteiger partial charge in [-0.05, 0) is 52.9 Å². The van der Waals surface area contributed by atoms with Crippen LogP contribution in [0.1, 0.15) is 47.0 Å². The lowest BCUT2D eigenvalue weighted by molar-refractivity contribution is 0.110. The third-order valence-corrected chi connectivity index (χ3v) is 4.22. The molecule has 0 amide bonds. The summed E-state index contributed by atoms with van der Waals surface area (Å²) in [6.45, 7) is 11.2. The maximum Gasteiger partial charge on any atom is 0.105 e. The van der Waals surface area contributed by atoms with Crippen molar-refractivity contribution in [3.63, 3.8) is 0 Å². The number of nitrogens with one attached hydrogen (secondary N) is 1. The zero-order valence-electron chi connectivity index (χ0n) is 13.8. The Hall–Kier alpha value is -0.630. The second-order valence-electron chi connectivity index (χ2n) is 6.60. The summed E-state index contributed by atoms with van der Waals surface area (Å²) < 4.78 is 5.22. The second-order valence-corrected chi connectivity index (χ2v) is 6.60. The second kappa shape index (κ2) is 7.97. The fourth-order valence-electron chi connectivity index (χ4n) is 2.77. The Balaban J connectivity index is 2.52. The highest BCUT2D eigenvalue weighted by Crippen LogP contribution is 2.35. The van der Waals surface area contributed by atoms with Gasteiger partial charge in [-0.2, -0.15) is 5.26 Å². The lowest BCUT2D eigenvalue weighted by atomic mass is 9.97. The first-order valence-electron chi connectivity index (χ1n) is 7.84. The predicted octanol–water partition coefficient (Wildman–Crippen LogP) is 2.40. The van der Waals surface area contributed by atoms with E-state index in [1.54, 1.807) is 7.11 Å². The molecular weight excluding hydrogens is 250 g/mol. The van der Waals surface area contributed by atoms with Crippen molar-refractivity contribution in [3.8, 4) is 6.07 Å². The van der Waals surface area contributed by atoms with Gasteiger partial charge in [0, 0.05) is 32.3 Å². The Bertz CT molecular complexity index is 322. The Morgan fingerprint density at radius 1 is 1.35 bits per heavy atom. The molecule has 4 nitrogen and oxygen atoms in total. The van der Waals surface area contributed by atoms with Crippen LogP contribution >= 0.6 is 0 Å². The predicted molar refractivity (Wildman–Crippen MR) is 82.5 cm³/mol. The number of hydrogen-bond acceptors (Lipinski definition) is 4. The molecule has 0 saturated heterocycles. The van der Waals surface area contributed by atoms with E-state index in [1.807, 2.05) is 6.92 Å². The molecule has 0 heterocycles. The summed E-state index contributed by atoms with van der Waals surface area (Å²) in [6.07, 6.45) is 3.55. The first-order chi connectivity index (χ1) is 9.41. The quantitative estimate of drug-likeness (QED) is 0.668. The summed E-state index contributed by atoms with van der Waals surface area (Å²) >= 11 is 0. The van der Waals surface area contributed by atoms with E-state index in [-0.39, 0.29) is 0 Å². The maximum absolute atomic E-state index is 9.43. The van der Waals surface area contributed by atoms with Gasteiger partial charge in [-0.25, -0.2) is 0 Å². The fraction of sp³-hybridized carbons (Fsp3) is 0.938. The molecule has 0 bridgehead atoms. The molecule has 0 aromatic rings. The normalized spacial score (nSPS) is 19.9. The number of ether oxygens (including phenoxy) is 1. The van der Waals surface area contributed by atoms with Crippen molar-refractivity contribution in [1.29, 1.82) is 5.26 Å². The number of rotatable bonds is 10. The van der Waals surface area contributed by atoms with Crippen LogP contribution in [0.2, 0.25) is 0 Å². The molecule has 4 heteroatoms. The summed E-state index contributed by atoms with van der Waals surface area (Å²) in [5, 5.41) is 12.8. The summed E-state index contributed by atoms with van der Waals surface area (Å²) in [4.78, 5) is 2.48. The van der Waals surface area contributed by atoms with Gasteiger partial charge < -0.3 is 4.74 Å². The lowest BCUT2D eigenvalue weighted by Crippen LogP contribution is -2.48. The van der Waals surface area contributed by atoms with Crippen molar-refractivity contribution < 1.29 is 4.74 Å². The van der Waals surface area contributed by atoms with Crippen LogP contribution in [0.4, 0.5) is 0 Å². The highest BCUT2D eigenvalue weighted by Gasteiger charge is 2.33. The van der Waals surface area contributed by atoms with Gasteiger partial charge in [-0.1, -0.05) is 0 Å². The molecule has 0 spiro atoms. The van der Waals surface area contributed by atoms with Crippen LogP contribution in [0, 0.1) is 17.2 Å². The Labute approximate surface area is 124 Å². The van der Waals surface area contributed by atoms with E-state index in [4.69, 9.17) is 4.74 Å². The molecule has 0 aromatic carbocycles. The molecule has 1 N–H and O–H groups in total. The van der Waals surface area contributed by atoms with Crippen LogP contribution < -0.4 is 5.32 Å². The molecule has 1 aliphatic rings. The standard InChI is InChI=1S/C16H31N3O/c1-13(2)18-16(4,12-17)8-9-19(10-11-20-5)14(3)15-6-7-15/h13-15,18H,6-11H2,1-5H3. The maximum atomic E-state index is 9.43. The van der Waals surface area contributed by atoms with Gasteiger partial charge in [0.2, 0.25) is 0 Å². The minimum atomic E-state index is -0.442. The Kier molecular flexibility index (Phi) is 6.94. The van der Waals surface area contributed by atoms with E-state index in [9.17, 15) is 5.26 Å². The van der Waals surface area contributed by atoms with Crippen molar-refractivity contribution in [1.82, 2.24) is 10.2 Å². The number of methoxy groups -OCH3 is 1. The van der Waals surface area contributed by atoms with Crippen molar-refractivity contribution in [2.24, 2.45) is 5.92 Å². The number of nitriles is 1. The van der Waals surface area contributed by atoms with E-state index in [2.05, 4.69) is 37.1 Å². The third-order valence-electron chi connectivity index (χ3n) is 4.22. The Morgan fingerprint density at radius 2 is 2.00 bits per heavy atom. The van der Waals surface area contributed by atoms with Gasteiger partial charge in [0.1, 0.15) is 5.54 Å². The lowest BCUT2D eigenvalue weighted by Gasteiger charge is -2.33. The third kappa shape index (κ3) is 5.78. The summed E-state index contributed by atoms with van der Waals surface area (Å²) in [5.41, 5.74) is -0.442. The molecule has 116 valence electrons. The van der Waals surface area contributed by atoms with Gasteiger partial charge in [-0.3, -0.25) is 10.2 Å². The van der Waals surface area contributed by atoms with Crippen LogP contribution in [0.25, 0.3) is 0 Å².